The molecule has 1 heterocycles. The van der Waals surface area contributed by atoms with E-state index in [4.69, 9.17) is 0 Å². The summed E-state index contributed by atoms with van der Waals surface area (Å²) in [6.45, 7) is 1.31. The van der Waals surface area contributed by atoms with E-state index in [0.717, 1.165) is 44.2 Å². The molecule has 3 N–H and O–H groups in total. The number of carbonyl (C=O) groups excluding carboxylic acids is 1. The molecule has 8 heteroatoms. The maximum absolute atomic E-state index is 12.3. The Labute approximate surface area is 148 Å². The minimum Gasteiger partial charge on any atom is -0.307 e. The number of hydrogen-bond acceptors (Lipinski definition) is 4. The van der Waals surface area contributed by atoms with E-state index in [2.05, 4.69) is 20.8 Å². The summed E-state index contributed by atoms with van der Waals surface area (Å²) in [4.78, 5) is 14.3. The summed E-state index contributed by atoms with van der Waals surface area (Å²) in [7, 11) is -1.93. The van der Waals surface area contributed by atoms with E-state index in [9.17, 15) is 13.2 Å². The van der Waals surface area contributed by atoms with Crippen LogP contribution in [-0.4, -0.2) is 45.5 Å². The average Bonchev–Trinajstić information content (AvgIpc) is 3.12. The van der Waals surface area contributed by atoms with Gasteiger partial charge in [0.1, 0.15) is 0 Å². The summed E-state index contributed by atoms with van der Waals surface area (Å²) in [5, 5.41) is 2.84. The lowest BCUT2D eigenvalue weighted by molar-refractivity contribution is 0.179. The van der Waals surface area contributed by atoms with Gasteiger partial charge in [-0.3, -0.25) is 0 Å². The second-order valence-electron chi connectivity index (χ2n) is 7.33. The SMILES string of the molecule is CN1CC(NS(=O)(=O)NC(=O)Nc2c3c(cc4c2CCC4)CCC3)C1. The number of hydrogen-bond donors (Lipinski definition) is 3. The van der Waals surface area contributed by atoms with E-state index in [0.29, 0.717) is 13.1 Å². The van der Waals surface area contributed by atoms with Crippen LogP contribution in [-0.2, 0) is 35.9 Å². The number of nitrogens with one attached hydrogen (secondary N) is 3. The fraction of sp³-hybridized carbons (Fsp3) is 0.588. The van der Waals surface area contributed by atoms with Gasteiger partial charge in [0.25, 0.3) is 0 Å². The number of carbonyl (C=O) groups is 1. The third kappa shape index (κ3) is 3.38. The molecule has 1 aliphatic heterocycles. The van der Waals surface area contributed by atoms with Crippen molar-refractivity contribution in [1.82, 2.24) is 14.3 Å². The van der Waals surface area contributed by atoms with Crippen molar-refractivity contribution in [3.05, 3.63) is 28.3 Å². The van der Waals surface area contributed by atoms with Crippen molar-refractivity contribution in [2.24, 2.45) is 0 Å². The molecule has 0 spiro atoms. The number of likely N-dealkylation sites (tertiary alicyclic amines) is 1. The first-order chi connectivity index (χ1) is 11.9. The molecule has 0 aromatic heterocycles. The Bertz CT molecular complexity index is 783. The molecule has 1 aromatic rings. The molecule has 1 aromatic carbocycles. The van der Waals surface area contributed by atoms with Crippen LogP contribution in [0.2, 0.25) is 0 Å². The van der Waals surface area contributed by atoms with Crippen molar-refractivity contribution < 1.29 is 13.2 Å². The standard InChI is InChI=1S/C17H24N4O3S/c1-21-9-13(10-21)19-25(23,24)20-17(22)18-16-14-6-2-4-11(14)8-12-5-3-7-15(12)16/h8,13,19H,2-7,9-10H2,1H3,(H2,18,20,22). The summed E-state index contributed by atoms with van der Waals surface area (Å²) in [6.07, 6.45) is 6.13. The highest BCUT2D eigenvalue weighted by Gasteiger charge is 2.29. The lowest BCUT2D eigenvalue weighted by Crippen LogP contribution is -2.59. The van der Waals surface area contributed by atoms with Gasteiger partial charge in [-0.15, -0.1) is 0 Å². The summed E-state index contributed by atoms with van der Waals surface area (Å²) in [5.74, 6) is 0. The van der Waals surface area contributed by atoms with Crippen LogP contribution >= 0.6 is 0 Å². The summed E-state index contributed by atoms with van der Waals surface area (Å²) >= 11 is 0. The number of amides is 2. The monoisotopic (exact) mass is 364 g/mol. The molecule has 0 unspecified atom stereocenters. The molecule has 0 bridgehead atoms. The van der Waals surface area contributed by atoms with Gasteiger partial charge in [-0.05, 0) is 67.8 Å². The number of anilines is 1. The van der Waals surface area contributed by atoms with Gasteiger partial charge < -0.3 is 10.2 Å². The molecule has 1 saturated heterocycles. The van der Waals surface area contributed by atoms with Crippen LogP contribution in [0.4, 0.5) is 10.5 Å². The molecule has 2 aliphatic carbocycles. The first-order valence-electron chi connectivity index (χ1n) is 8.87. The Morgan fingerprint density at radius 2 is 1.68 bits per heavy atom. The van der Waals surface area contributed by atoms with E-state index in [1.807, 2.05) is 11.9 Å². The van der Waals surface area contributed by atoms with Gasteiger partial charge in [-0.25, -0.2) is 9.52 Å². The number of rotatable bonds is 4. The zero-order valence-electron chi connectivity index (χ0n) is 14.4. The molecule has 0 saturated carbocycles. The van der Waals surface area contributed by atoms with Gasteiger partial charge in [-0.1, -0.05) is 6.07 Å². The number of likely N-dealkylation sites (N-methyl/N-ethyl adjacent to an activating group) is 1. The fourth-order valence-corrected chi connectivity index (χ4v) is 5.19. The largest absolute Gasteiger partial charge is 0.333 e. The van der Waals surface area contributed by atoms with Crippen molar-refractivity contribution >= 4 is 21.9 Å². The van der Waals surface area contributed by atoms with Gasteiger partial charge in [-0.2, -0.15) is 13.1 Å². The van der Waals surface area contributed by atoms with Crippen molar-refractivity contribution in [2.75, 3.05) is 25.5 Å². The highest BCUT2D eigenvalue weighted by atomic mass is 32.2. The first-order valence-corrected chi connectivity index (χ1v) is 10.4. The zero-order valence-corrected chi connectivity index (χ0v) is 15.2. The van der Waals surface area contributed by atoms with Crippen molar-refractivity contribution in [3.8, 4) is 0 Å². The highest BCUT2D eigenvalue weighted by molar-refractivity contribution is 7.88. The molecule has 2 amide bonds. The van der Waals surface area contributed by atoms with E-state index < -0.39 is 16.2 Å². The fourth-order valence-electron chi connectivity index (χ4n) is 4.25. The number of nitrogens with zero attached hydrogens (tertiary/aromatic N) is 1. The molecule has 1 fully saturated rings. The Kier molecular flexibility index (Phi) is 4.21. The van der Waals surface area contributed by atoms with Crippen molar-refractivity contribution in [2.45, 2.75) is 44.6 Å². The second-order valence-corrected chi connectivity index (χ2v) is 8.78. The first kappa shape index (κ1) is 16.8. The zero-order chi connectivity index (χ0) is 17.6. The van der Waals surface area contributed by atoms with Crippen LogP contribution in [0.3, 0.4) is 0 Å². The van der Waals surface area contributed by atoms with Crippen LogP contribution < -0.4 is 14.8 Å². The number of urea groups is 1. The quantitative estimate of drug-likeness (QED) is 0.741. The maximum atomic E-state index is 12.3. The lowest BCUT2D eigenvalue weighted by atomic mass is 9.99. The normalized spacial score (nSPS) is 20.0. The molecule has 136 valence electrons. The second kappa shape index (κ2) is 6.26. The molecule has 0 radical (unpaired) electrons. The van der Waals surface area contributed by atoms with Gasteiger partial charge in [0.05, 0.1) is 0 Å². The highest BCUT2D eigenvalue weighted by Crippen LogP contribution is 2.38. The van der Waals surface area contributed by atoms with E-state index in [1.165, 1.54) is 22.3 Å². The van der Waals surface area contributed by atoms with Crippen LogP contribution in [0, 0.1) is 0 Å². The van der Waals surface area contributed by atoms with Crippen molar-refractivity contribution in [3.63, 3.8) is 0 Å². The van der Waals surface area contributed by atoms with Crippen LogP contribution in [0.15, 0.2) is 6.07 Å². The average molecular weight is 364 g/mol. The smallest absolute Gasteiger partial charge is 0.307 e. The number of aryl methyl sites for hydroxylation is 2. The molecule has 4 rings (SSSR count). The topological polar surface area (TPSA) is 90.5 Å². The molecular weight excluding hydrogens is 340 g/mol. The van der Waals surface area contributed by atoms with Crippen LogP contribution in [0.1, 0.15) is 35.1 Å². The molecular formula is C17H24N4O3S. The minimum absolute atomic E-state index is 0.138. The van der Waals surface area contributed by atoms with Gasteiger partial charge in [0, 0.05) is 24.8 Å². The third-order valence-electron chi connectivity index (χ3n) is 5.32. The van der Waals surface area contributed by atoms with Crippen LogP contribution in [0.25, 0.3) is 0 Å². The predicted octanol–water partition coefficient (Wildman–Crippen LogP) is 0.934. The summed E-state index contributed by atoms with van der Waals surface area (Å²) < 4.78 is 28.8. The Morgan fingerprint density at radius 3 is 2.24 bits per heavy atom. The Morgan fingerprint density at radius 1 is 1.08 bits per heavy atom. The Hall–Kier alpha value is -1.64. The summed E-state index contributed by atoms with van der Waals surface area (Å²) in [6, 6.07) is 1.45. The predicted molar refractivity (Wildman–Crippen MR) is 96.0 cm³/mol. The Balaban J connectivity index is 1.48. The lowest BCUT2D eigenvalue weighted by Gasteiger charge is -2.36. The number of benzene rings is 1. The molecule has 7 nitrogen and oxygen atoms in total. The molecule has 25 heavy (non-hydrogen) atoms. The van der Waals surface area contributed by atoms with Gasteiger partial charge >= 0.3 is 16.2 Å². The maximum Gasteiger partial charge on any atom is 0.333 e. The third-order valence-corrected chi connectivity index (χ3v) is 6.42. The van der Waals surface area contributed by atoms with E-state index in [-0.39, 0.29) is 6.04 Å². The molecule has 3 aliphatic rings. The minimum atomic E-state index is -3.85. The van der Waals surface area contributed by atoms with E-state index >= 15 is 0 Å². The molecule has 0 atom stereocenters. The van der Waals surface area contributed by atoms with Gasteiger partial charge in [0.2, 0.25) is 0 Å². The number of fused-ring (bicyclic) bond motifs is 2. The summed E-state index contributed by atoms with van der Waals surface area (Å²) in [5.41, 5.74) is 5.81. The van der Waals surface area contributed by atoms with E-state index in [1.54, 1.807) is 0 Å². The van der Waals surface area contributed by atoms with Gasteiger partial charge in [0.15, 0.2) is 0 Å². The van der Waals surface area contributed by atoms with Crippen molar-refractivity contribution in [1.29, 1.82) is 0 Å². The van der Waals surface area contributed by atoms with Crippen LogP contribution in [0.5, 0.6) is 0 Å².